The van der Waals surface area contributed by atoms with Crippen molar-refractivity contribution >= 4 is 0 Å². The zero-order valence-corrected chi connectivity index (χ0v) is 33.1. The van der Waals surface area contributed by atoms with E-state index in [0.717, 1.165) is 22.3 Å². The molecule has 0 N–H and O–H groups in total. The fourth-order valence-corrected chi connectivity index (χ4v) is 8.00. The molecule has 8 rings (SSSR count). The van der Waals surface area contributed by atoms with Crippen LogP contribution < -0.4 is 0 Å². The second kappa shape index (κ2) is 18.0. The molecule has 0 aliphatic carbocycles. The molecule has 0 spiro atoms. The van der Waals surface area contributed by atoms with Crippen LogP contribution in [0.25, 0.3) is 0 Å². The lowest BCUT2D eigenvalue weighted by molar-refractivity contribution is -0.263. The Morgan fingerprint density at radius 1 is 0.456 bits per heavy atom. The molecule has 0 bridgehead atoms. The molecule has 57 heavy (non-hydrogen) atoms. The summed E-state index contributed by atoms with van der Waals surface area (Å²) in [5.41, 5.74) is 4.17. The number of ether oxygens (including phenoxy) is 10. The lowest BCUT2D eigenvalue weighted by Gasteiger charge is -2.46. The van der Waals surface area contributed by atoms with Crippen molar-refractivity contribution in [2.75, 3.05) is 6.61 Å². The Morgan fingerprint density at radius 2 is 0.895 bits per heavy atom. The molecule has 4 heterocycles. The Labute approximate surface area is 335 Å². The van der Waals surface area contributed by atoms with Gasteiger partial charge in [0.05, 0.1) is 33.0 Å². The second-order valence-corrected chi connectivity index (χ2v) is 15.9. The average molecular weight is 779 g/mol. The summed E-state index contributed by atoms with van der Waals surface area (Å²) < 4.78 is 66.0. The van der Waals surface area contributed by atoms with Gasteiger partial charge in [-0.2, -0.15) is 0 Å². The Balaban J connectivity index is 1.12. The minimum absolute atomic E-state index is 0.259. The molecular formula is C47H54O10. The molecule has 10 atom stereocenters. The van der Waals surface area contributed by atoms with Crippen LogP contribution in [0, 0.1) is 0 Å². The summed E-state index contributed by atoms with van der Waals surface area (Å²) in [5, 5.41) is 0. The molecule has 0 aromatic heterocycles. The van der Waals surface area contributed by atoms with Crippen LogP contribution in [0.5, 0.6) is 0 Å². The quantitative estimate of drug-likeness (QED) is 0.112. The zero-order chi connectivity index (χ0) is 39.2. The number of fused-ring (bicyclic) bond motifs is 3. The van der Waals surface area contributed by atoms with Crippen LogP contribution in [-0.2, 0) is 73.8 Å². The first-order chi connectivity index (χ1) is 27.7. The first-order valence-corrected chi connectivity index (χ1v) is 20.0. The SMILES string of the molecule is CC1(C)O[C@H]2[C@@H](O1)[C@@H](/C=C\[C@@H]1O[C@H](COCc3ccccc3)[C@@H](OCc3ccccc3)[C@H](OCc3ccccc3)[C@@H]1OCc1ccccc1)O[C@@H]1OC(C)(C)O[C@@H]12. The van der Waals surface area contributed by atoms with Crippen molar-refractivity contribution in [1.82, 2.24) is 0 Å². The standard InChI is InChI=1S/C47H54O10/c1-46(2)54-41-37(53-45-44(43(41)55-46)56-47(3,4)57-45)26-25-36-39(49-28-33-19-11-6-12-20-33)42(51-30-35-23-15-8-16-24-35)40(50-29-34-21-13-7-14-22-34)38(52-36)31-48-27-32-17-9-5-10-18-32/h5-26,36-45H,27-31H2,1-4H3/b26-25-/t36-,37+,38+,39+,40+,41-,42+,43-,44+,45+/m0/s1. The topological polar surface area (TPSA) is 92.3 Å². The summed E-state index contributed by atoms with van der Waals surface area (Å²) in [5.74, 6) is -1.66. The van der Waals surface area contributed by atoms with Crippen LogP contribution in [0.15, 0.2) is 133 Å². The second-order valence-electron chi connectivity index (χ2n) is 15.9. The van der Waals surface area contributed by atoms with Crippen LogP contribution in [0.3, 0.4) is 0 Å². The Bertz CT molecular complexity index is 1860. The van der Waals surface area contributed by atoms with E-state index in [1.165, 1.54) is 0 Å². The number of hydrogen-bond donors (Lipinski definition) is 0. The van der Waals surface area contributed by atoms with Crippen molar-refractivity contribution in [2.45, 2.75) is 127 Å². The zero-order valence-electron chi connectivity index (χ0n) is 33.1. The van der Waals surface area contributed by atoms with E-state index in [4.69, 9.17) is 47.4 Å². The molecule has 10 heteroatoms. The molecule has 0 unspecified atom stereocenters. The van der Waals surface area contributed by atoms with Crippen LogP contribution >= 0.6 is 0 Å². The summed E-state index contributed by atoms with van der Waals surface area (Å²) in [6, 6.07) is 40.5. The third-order valence-electron chi connectivity index (χ3n) is 10.6. The van der Waals surface area contributed by atoms with E-state index in [1.54, 1.807) is 0 Å². The number of benzene rings is 4. The van der Waals surface area contributed by atoms with Crippen LogP contribution in [0.1, 0.15) is 49.9 Å². The molecule has 302 valence electrons. The smallest absolute Gasteiger partial charge is 0.190 e. The third-order valence-corrected chi connectivity index (χ3v) is 10.6. The van der Waals surface area contributed by atoms with E-state index in [2.05, 4.69) is 36.4 Å². The van der Waals surface area contributed by atoms with Gasteiger partial charge in [0, 0.05) is 0 Å². The van der Waals surface area contributed by atoms with Crippen molar-refractivity contribution in [3.8, 4) is 0 Å². The fraction of sp³-hybridized carbons (Fsp3) is 0.447. The predicted molar refractivity (Wildman–Crippen MR) is 211 cm³/mol. The van der Waals surface area contributed by atoms with Gasteiger partial charge in [-0.3, -0.25) is 0 Å². The molecule has 4 saturated heterocycles. The molecule has 4 aliphatic heterocycles. The largest absolute Gasteiger partial charge is 0.374 e. The van der Waals surface area contributed by atoms with E-state index in [9.17, 15) is 0 Å². The predicted octanol–water partition coefficient (Wildman–Crippen LogP) is 7.68. The molecule has 4 fully saturated rings. The summed E-state index contributed by atoms with van der Waals surface area (Å²) >= 11 is 0. The molecule has 4 aromatic rings. The fourth-order valence-electron chi connectivity index (χ4n) is 8.00. The van der Waals surface area contributed by atoms with E-state index in [1.807, 2.05) is 125 Å². The van der Waals surface area contributed by atoms with Crippen molar-refractivity contribution in [3.05, 3.63) is 156 Å². The average Bonchev–Trinajstić information content (AvgIpc) is 3.73. The first kappa shape index (κ1) is 40.0. The van der Waals surface area contributed by atoms with Gasteiger partial charge in [0.1, 0.15) is 54.9 Å². The van der Waals surface area contributed by atoms with Crippen molar-refractivity contribution in [1.29, 1.82) is 0 Å². The molecule has 0 radical (unpaired) electrons. The molecule has 0 amide bonds. The van der Waals surface area contributed by atoms with Gasteiger partial charge in [-0.05, 0) is 49.9 Å². The highest BCUT2D eigenvalue weighted by atomic mass is 16.9. The monoisotopic (exact) mass is 778 g/mol. The van der Waals surface area contributed by atoms with Crippen LogP contribution in [-0.4, -0.2) is 79.4 Å². The summed E-state index contributed by atoms with van der Waals surface area (Å²) in [7, 11) is 0. The lowest BCUT2D eigenvalue weighted by atomic mass is 9.92. The Hall–Kier alpha value is -3.78. The van der Waals surface area contributed by atoms with Crippen molar-refractivity contribution in [3.63, 3.8) is 0 Å². The van der Waals surface area contributed by atoms with Gasteiger partial charge in [0.15, 0.2) is 17.9 Å². The lowest BCUT2D eigenvalue weighted by Crippen LogP contribution is -2.61. The third kappa shape index (κ3) is 10.1. The van der Waals surface area contributed by atoms with Gasteiger partial charge in [0.25, 0.3) is 0 Å². The van der Waals surface area contributed by atoms with Gasteiger partial charge >= 0.3 is 0 Å². The molecule has 10 nitrogen and oxygen atoms in total. The molecule has 4 aliphatic rings. The first-order valence-electron chi connectivity index (χ1n) is 20.0. The number of hydrogen-bond acceptors (Lipinski definition) is 10. The Morgan fingerprint density at radius 3 is 1.46 bits per heavy atom. The summed E-state index contributed by atoms with van der Waals surface area (Å²) in [6.07, 6.45) is -1.28. The maximum Gasteiger partial charge on any atom is 0.190 e. The molecule has 0 saturated carbocycles. The highest BCUT2D eigenvalue weighted by Crippen LogP contribution is 2.44. The van der Waals surface area contributed by atoms with E-state index >= 15 is 0 Å². The summed E-state index contributed by atoms with van der Waals surface area (Å²) in [6.45, 7) is 9.30. The van der Waals surface area contributed by atoms with Gasteiger partial charge in [-0.1, -0.05) is 133 Å². The highest BCUT2D eigenvalue weighted by Gasteiger charge is 2.60. The highest BCUT2D eigenvalue weighted by molar-refractivity contribution is 5.18. The van der Waals surface area contributed by atoms with Crippen molar-refractivity contribution in [2.24, 2.45) is 0 Å². The maximum atomic E-state index is 7.05. The van der Waals surface area contributed by atoms with Crippen LogP contribution in [0.2, 0.25) is 0 Å². The minimum atomic E-state index is -0.834. The van der Waals surface area contributed by atoms with E-state index < -0.39 is 72.8 Å². The minimum Gasteiger partial charge on any atom is -0.374 e. The van der Waals surface area contributed by atoms with E-state index in [0.29, 0.717) is 26.4 Å². The van der Waals surface area contributed by atoms with Gasteiger partial charge in [-0.15, -0.1) is 0 Å². The summed E-state index contributed by atoms with van der Waals surface area (Å²) in [4.78, 5) is 0. The normalized spacial score (nSPS) is 31.6. The molecular weight excluding hydrogens is 725 g/mol. The maximum absolute atomic E-state index is 7.05. The van der Waals surface area contributed by atoms with E-state index in [-0.39, 0.29) is 6.61 Å². The Kier molecular flexibility index (Phi) is 12.6. The van der Waals surface area contributed by atoms with Crippen molar-refractivity contribution < 1.29 is 47.4 Å². The van der Waals surface area contributed by atoms with Crippen LogP contribution in [0.4, 0.5) is 0 Å². The van der Waals surface area contributed by atoms with Gasteiger partial charge in [0.2, 0.25) is 0 Å². The van der Waals surface area contributed by atoms with Gasteiger partial charge in [-0.25, -0.2) is 0 Å². The molecule has 4 aromatic carbocycles. The van der Waals surface area contributed by atoms with Gasteiger partial charge < -0.3 is 47.4 Å². The number of rotatable bonds is 15.